The van der Waals surface area contributed by atoms with Crippen molar-refractivity contribution in [2.45, 2.75) is 11.8 Å². The summed E-state index contributed by atoms with van der Waals surface area (Å²) in [6.45, 7) is 1.87. The second-order valence-corrected chi connectivity index (χ2v) is 5.25. The Morgan fingerprint density at radius 2 is 2.17 bits per heavy atom. The molecule has 0 bridgehead atoms. The molecule has 0 unspecified atom stereocenters. The zero-order valence-corrected chi connectivity index (χ0v) is 11.0. The second-order valence-electron chi connectivity index (χ2n) is 4.84. The van der Waals surface area contributed by atoms with Gasteiger partial charge < -0.3 is 5.32 Å². The maximum absolute atomic E-state index is 6.33. The van der Waals surface area contributed by atoms with Crippen molar-refractivity contribution in [3.05, 3.63) is 47.0 Å². The van der Waals surface area contributed by atoms with E-state index in [1.54, 1.807) is 6.33 Å². The summed E-state index contributed by atoms with van der Waals surface area (Å²) in [4.78, 5) is 4.32. The molecule has 2 aromatic rings. The van der Waals surface area contributed by atoms with Crippen LogP contribution in [-0.2, 0) is 18.9 Å². The molecule has 1 aliphatic heterocycles. The number of hydrogen-bond donors (Lipinski definition) is 1. The first-order valence-corrected chi connectivity index (χ1v) is 6.38. The summed E-state index contributed by atoms with van der Waals surface area (Å²) < 4.78 is 1.83. The zero-order valence-electron chi connectivity index (χ0n) is 10.2. The van der Waals surface area contributed by atoms with Crippen molar-refractivity contribution in [3.8, 4) is 0 Å². The fourth-order valence-corrected chi connectivity index (χ4v) is 2.85. The summed E-state index contributed by atoms with van der Waals surface area (Å²) in [5.74, 6) is 0.997. The quantitative estimate of drug-likeness (QED) is 0.913. The number of nitrogens with one attached hydrogen (secondary N) is 1. The lowest BCUT2D eigenvalue weighted by Crippen LogP contribution is -2.58. The Labute approximate surface area is 111 Å². The Balaban J connectivity index is 1.96. The first kappa shape index (κ1) is 11.7. The third kappa shape index (κ3) is 1.82. The van der Waals surface area contributed by atoms with Crippen molar-refractivity contribution in [2.75, 3.05) is 13.1 Å². The van der Waals surface area contributed by atoms with Crippen LogP contribution in [0.15, 0.2) is 30.6 Å². The van der Waals surface area contributed by atoms with Crippen LogP contribution < -0.4 is 5.32 Å². The van der Waals surface area contributed by atoms with Gasteiger partial charge in [-0.25, -0.2) is 4.98 Å². The molecule has 1 saturated heterocycles. The zero-order chi connectivity index (χ0) is 12.6. The molecule has 5 heteroatoms. The normalized spacial score (nSPS) is 17.4. The summed E-state index contributed by atoms with van der Waals surface area (Å²) in [6.07, 6.45) is 2.46. The summed E-state index contributed by atoms with van der Waals surface area (Å²) in [6, 6.07) is 8.07. The number of aryl methyl sites for hydroxylation is 1. The molecule has 0 spiro atoms. The molecule has 1 aromatic carbocycles. The van der Waals surface area contributed by atoms with Gasteiger partial charge in [-0.2, -0.15) is 5.10 Å². The second kappa shape index (κ2) is 4.37. The van der Waals surface area contributed by atoms with Crippen molar-refractivity contribution in [1.82, 2.24) is 20.1 Å². The average molecular weight is 263 g/mol. The number of rotatable bonds is 3. The van der Waals surface area contributed by atoms with E-state index in [0.717, 1.165) is 30.4 Å². The number of halogens is 1. The topological polar surface area (TPSA) is 42.7 Å². The monoisotopic (exact) mass is 262 g/mol. The van der Waals surface area contributed by atoms with Crippen LogP contribution in [0.4, 0.5) is 0 Å². The Kier molecular flexibility index (Phi) is 2.84. The smallest absolute Gasteiger partial charge is 0.138 e. The number of nitrogens with zero attached hydrogens (tertiary/aromatic N) is 3. The van der Waals surface area contributed by atoms with Gasteiger partial charge in [0.1, 0.15) is 12.2 Å². The predicted molar refractivity (Wildman–Crippen MR) is 70.7 cm³/mol. The van der Waals surface area contributed by atoms with E-state index >= 15 is 0 Å². The van der Waals surface area contributed by atoms with E-state index in [4.69, 9.17) is 11.6 Å². The van der Waals surface area contributed by atoms with Crippen LogP contribution >= 0.6 is 11.6 Å². The largest absolute Gasteiger partial charge is 0.315 e. The van der Waals surface area contributed by atoms with Gasteiger partial charge in [0.05, 0.1) is 0 Å². The van der Waals surface area contributed by atoms with Crippen molar-refractivity contribution < 1.29 is 0 Å². The maximum atomic E-state index is 6.33. The van der Waals surface area contributed by atoms with Crippen molar-refractivity contribution in [3.63, 3.8) is 0 Å². The van der Waals surface area contributed by atoms with Crippen LogP contribution in [0.25, 0.3) is 0 Å². The van der Waals surface area contributed by atoms with Crippen LogP contribution in [0.1, 0.15) is 11.4 Å². The molecule has 0 radical (unpaired) electrons. The molecule has 0 amide bonds. The highest BCUT2D eigenvalue weighted by Crippen LogP contribution is 2.36. The first-order chi connectivity index (χ1) is 8.71. The fraction of sp³-hybridized carbons (Fsp3) is 0.385. The molecule has 1 aliphatic rings. The minimum atomic E-state index is 0.0547. The molecular formula is C13H15ClN4. The lowest BCUT2D eigenvalue weighted by molar-refractivity contribution is 0.267. The summed E-state index contributed by atoms with van der Waals surface area (Å²) >= 11 is 6.33. The Morgan fingerprint density at radius 3 is 2.72 bits per heavy atom. The molecule has 0 saturated carbocycles. The SMILES string of the molecule is Cn1ncnc1CC1(c2ccccc2Cl)CNC1. The number of hydrogen-bond acceptors (Lipinski definition) is 3. The van der Waals surface area contributed by atoms with E-state index in [1.165, 1.54) is 5.56 Å². The van der Waals surface area contributed by atoms with Gasteiger partial charge >= 0.3 is 0 Å². The van der Waals surface area contributed by atoms with Gasteiger partial charge in [-0.15, -0.1) is 0 Å². The van der Waals surface area contributed by atoms with Gasteiger partial charge in [-0.1, -0.05) is 29.8 Å². The fourth-order valence-electron chi connectivity index (χ4n) is 2.51. The highest BCUT2D eigenvalue weighted by Gasteiger charge is 2.41. The molecule has 1 aromatic heterocycles. The van der Waals surface area contributed by atoms with Crippen LogP contribution in [-0.4, -0.2) is 27.9 Å². The molecule has 4 nitrogen and oxygen atoms in total. The van der Waals surface area contributed by atoms with Crippen LogP contribution in [0.2, 0.25) is 5.02 Å². The van der Waals surface area contributed by atoms with Gasteiger partial charge in [0.25, 0.3) is 0 Å². The van der Waals surface area contributed by atoms with Crippen molar-refractivity contribution in [1.29, 1.82) is 0 Å². The summed E-state index contributed by atoms with van der Waals surface area (Å²) in [5.41, 5.74) is 1.26. The van der Waals surface area contributed by atoms with Crippen molar-refractivity contribution >= 4 is 11.6 Å². The van der Waals surface area contributed by atoms with E-state index in [9.17, 15) is 0 Å². The molecule has 0 aliphatic carbocycles. The average Bonchev–Trinajstić information content (AvgIpc) is 2.71. The summed E-state index contributed by atoms with van der Waals surface area (Å²) in [5, 5.41) is 8.31. The first-order valence-electron chi connectivity index (χ1n) is 6.00. The van der Waals surface area contributed by atoms with E-state index in [0.29, 0.717) is 0 Å². The lowest BCUT2D eigenvalue weighted by atomic mass is 9.72. The molecule has 1 fully saturated rings. The van der Waals surface area contributed by atoms with E-state index in [-0.39, 0.29) is 5.41 Å². The van der Waals surface area contributed by atoms with E-state index in [1.807, 2.05) is 29.9 Å². The molecule has 94 valence electrons. The molecule has 3 rings (SSSR count). The molecule has 1 N–H and O–H groups in total. The molecule has 2 heterocycles. The third-order valence-corrected chi connectivity index (χ3v) is 4.00. The van der Waals surface area contributed by atoms with Gasteiger partial charge in [0.2, 0.25) is 0 Å². The van der Waals surface area contributed by atoms with Crippen LogP contribution in [0.3, 0.4) is 0 Å². The van der Waals surface area contributed by atoms with Crippen LogP contribution in [0, 0.1) is 0 Å². The van der Waals surface area contributed by atoms with E-state index in [2.05, 4.69) is 21.5 Å². The Bertz CT molecular complexity index is 560. The van der Waals surface area contributed by atoms with Gasteiger partial charge in [0.15, 0.2) is 0 Å². The Hall–Kier alpha value is -1.39. The highest BCUT2D eigenvalue weighted by atomic mass is 35.5. The molecule has 18 heavy (non-hydrogen) atoms. The standard InChI is InChI=1S/C13H15ClN4/c1-18-12(16-9-17-18)6-13(7-15-8-13)10-4-2-3-5-11(10)14/h2-5,9,15H,6-8H2,1H3. The number of benzene rings is 1. The van der Waals surface area contributed by atoms with Gasteiger partial charge in [-0.05, 0) is 11.6 Å². The molecular weight excluding hydrogens is 248 g/mol. The van der Waals surface area contributed by atoms with Crippen LogP contribution in [0.5, 0.6) is 0 Å². The Morgan fingerprint density at radius 1 is 1.39 bits per heavy atom. The van der Waals surface area contributed by atoms with Gasteiger partial charge in [0, 0.05) is 37.0 Å². The summed E-state index contributed by atoms with van der Waals surface area (Å²) in [7, 11) is 1.93. The van der Waals surface area contributed by atoms with Gasteiger partial charge in [-0.3, -0.25) is 4.68 Å². The highest BCUT2D eigenvalue weighted by molar-refractivity contribution is 6.31. The lowest BCUT2D eigenvalue weighted by Gasteiger charge is -2.43. The molecule has 0 atom stereocenters. The maximum Gasteiger partial charge on any atom is 0.138 e. The minimum Gasteiger partial charge on any atom is -0.315 e. The predicted octanol–water partition coefficient (Wildman–Crippen LogP) is 1.55. The van der Waals surface area contributed by atoms with E-state index < -0.39 is 0 Å². The minimum absolute atomic E-state index is 0.0547. The third-order valence-electron chi connectivity index (χ3n) is 3.67. The number of aromatic nitrogens is 3. The van der Waals surface area contributed by atoms with Crippen molar-refractivity contribution in [2.24, 2.45) is 7.05 Å².